The molecule has 1 heterocycles. The molecule has 1 unspecified atom stereocenters. The molecule has 1 saturated heterocycles. The van der Waals surface area contributed by atoms with Gasteiger partial charge in [-0.2, -0.15) is 0 Å². The van der Waals surface area contributed by atoms with Gasteiger partial charge in [-0.05, 0) is 17.7 Å². The topological polar surface area (TPSA) is 62.7 Å². The van der Waals surface area contributed by atoms with Crippen LogP contribution in [0.5, 0.6) is 0 Å². The van der Waals surface area contributed by atoms with Crippen LogP contribution >= 0.6 is 0 Å². The van der Waals surface area contributed by atoms with Gasteiger partial charge in [-0.15, -0.1) is 0 Å². The van der Waals surface area contributed by atoms with E-state index in [1.54, 1.807) is 19.2 Å². The fourth-order valence-corrected chi connectivity index (χ4v) is 1.68. The summed E-state index contributed by atoms with van der Waals surface area (Å²) >= 11 is 0. The van der Waals surface area contributed by atoms with Crippen molar-refractivity contribution in [3.8, 4) is 0 Å². The number of ether oxygens (including phenoxy) is 1. The maximum atomic E-state index is 13.1. The molecule has 5 nitrogen and oxygen atoms in total. The van der Waals surface area contributed by atoms with E-state index in [4.69, 9.17) is 4.74 Å². The van der Waals surface area contributed by atoms with Gasteiger partial charge < -0.3 is 10.1 Å². The van der Waals surface area contributed by atoms with E-state index >= 15 is 0 Å². The van der Waals surface area contributed by atoms with Crippen LogP contribution in [0.1, 0.15) is 11.6 Å². The molecule has 1 aromatic carbocycles. The van der Waals surface area contributed by atoms with Crippen LogP contribution in [0.4, 0.5) is 4.39 Å². The van der Waals surface area contributed by atoms with Gasteiger partial charge in [-0.25, -0.2) is 4.39 Å². The lowest BCUT2D eigenvalue weighted by Crippen LogP contribution is -2.26. The number of hydrogen-bond donors (Lipinski definition) is 2. The highest BCUT2D eigenvalue weighted by molar-refractivity contribution is 6.06. The average molecular weight is 251 g/mol. The van der Waals surface area contributed by atoms with E-state index in [9.17, 15) is 9.18 Å². The Hall–Kier alpha value is -1.95. The zero-order valence-corrected chi connectivity index (χ0v) is 9.94. The summed E-state index contributed by atoms with van der Waals surface area (Å²) < 4.78 is 17.9. The Morgan fingerprint density at radius 1 is 1.50 bits per heavy atom. The minimum atomic E-state index is -0.595. The summed E-state index contributed by atoms with van der Waals surface area (Å²) in [4.78, 5) is 15.8. The van der Waals surface area contributed by atoms with Crippen molar-refractivity contribution in [2.75, 3.05) is 20.3 Å². The van der Waals surface area contributed by atoms with Gasteiger partial charge in [0.15, 0.2) is 5.96 Å². The fourth-order valence-electron chi connectivity index (χ4n) is 1.68. The summed E-state index contributed by atoms with van der Waals surface area (Å²) in [7, 11) is 1.58. The van der Waals surface area contributed by atoms with Crippen LogP contribution in [0.25, 0.3) is 0 Å². The molecule has 6 heteroatoms. The number of benzene rings is 1. The standard InChI is InChI=1S/C12H14FN3O2/c1-18-6-5-14-12-15-10(11(17)16-12)8-3-2-4-9(13)7-8/h2-4,7,10H,5-6H2,1H3,(H2,14,15,16,17). The lowest BCUT2D eigenvalue weighted by Gasteiger charge is -2.07. The van der Waals surface area contributed by atoms with Crippen molar-refractivity contribution >= 4 is 11.9 Å². The third-order valence-corrected chi connectivity index (χ3v) is 2.53. The number of methoxy groups -OCH3 is 1. The van der Waals surface area contributed by atoms with Crippen molar-refractivity contribution in [2.24, 2.45) is 4.99 Å². The van der Waals surface area contributed by atoms with Gasteiger partial charge in [0, 0.05) is 7.11 Å². The highest BCUT2D eigenvalue weighted by Crippen LogP contribution is 2.17. The zero-order chi connectivity index (χ0) is 13.0. The normalized spacial score (nSPS) is 20.9. The second-order valence-corrected chi connectivity index (χ2v) is 3.84. The van der Waals surface area contributed by atoms with Gasteiger partial charge in [-0.3, -0.25) is 15.1 Å². The first-order chi connectivity index (χ1) is 8.70. The number of hydrogen-bond acceptors (Lipinski definition) is 3. The number of amides is 1. The van der Waals surface area contributed by atoms with E-state index in [-0.39, 0.29) is 11.7 Å². The summed E-state index contributed by atoms with van der Waals surface area (Å²) in [5, 5.41) is 5.51. The SMILES string of the molecule is COCCN=C1NC(=O)C(c2cccc(F)c2)N1. The molecular weight excluding hydrogens is 237 g/mol. The van der Waals surface area contributed by atoms with Crippen molar-refractivity contribution in [3.63, 3.8) is 0 Å². The number of nitrogens with zero attached hydrogens (tertiary/aromatic N) is 1. The highest BCUT2D eigenvalue weighted by Gasteiger charge is 2.29. The monoisotopic (exact) mass is 251 g/mol. The largest absolute Gasteiger partial charge is 0.383 e. The summed E-state index contributed by atoms with van der Waals surface area (Å²) in [6, 6.07) is 5.33. The van der Waals surface area contributed by atoms with E-state index in [2.05, 4.69) is 15.6 Å². The quantitative estimate of drug-likeness (QED) is 0.770. The van der Waals surface area contributed by atoms with Crippen molar-refractivity contribution in [1.82, 2.24) is 10.6 Å². The number of carbonyl (C=O) groups is 1. The van der Waals surface area contributed by atoms with E-state index < -0.39 is 6.04 Å². The number of carbonyl (C=O) groups excluding carboxylic acids is 1. The Kier molecular flexibility index (Phi) is 3.88. The summed E-state index contributed by atoms with van der Waals surface area (Å²) in [5.74, 6) is -0.213. The zero-order valence-electron chi connectivity index (χ0n) is 9.94. The molecule has 0 bridgehead atoms. The van der Waals surface area contributed by atoms with Gasteiger partial charge in [-0.1, -0.05) is 12.1 Å². The molecule has 0 spiro atoms. The molecular formula is C12H14FN3O2. The van der Waals surface area contributed by atoms with Crippen LogP contribution in [0, 0.1) is 5.82 Å². The molecule has 1 atom stereocenters. The van der Waals surface area contributed by atoms with E-state index in [0.29, 0.717) is 24.7 Å². The third kappa shape index (κ3) is 2.84. The summed E-state index contributed by atoms with van der Waals surface area (Å²) in [5.41, 5.74) is 0.574. The molecule has 18 heavy (non-hydrogen) atoms. The summed E-state index contributed by atoms with van der Waals surface area (Å²) in [6.07, 6.45) is 0. The lowest BCUT2D eigenvalue weighted by atomic mass is 10.1. The van der Waals surface area contributed by atoms with Gasteiger partial charge >= 0.3 is 0 Å². The molecule has 0 aromatic heterocycles. The van der Waals surface area contributed by atoms with Gasteiger partial charge in [0.25, 0.3) is 5.91 Å². The van der Waals surface area contributed by atoms with E-state index in [1.165, 1.54) is 12.1 Å². The smallest absolute Gasteiger partial charge is 0.253 e. The molecule has 0 saturated carbocycles. The third-order valence-electron chi connectivity index (χ3n) is 2.53. The molecule has 0 radical (unpaired) electrons. The maximum absolute atomic E-state index is 13.1. The van der Waals surface area contributed by atoms with Gasteiger partial charge in [0.05, 0.1) is 13.2 Å². The fraction of sp³-hybridized carbons (Fsp3) is 0.333. The van der Waals surface area contributed by atoms with Crippen LogP contribution < -0.4 is 10.6 Å². The van der Waals surface area contributed by atoms with Gasteiger partial charge in [0.1, 0.15) is 11.9 Å². The number of guanidine groups is 1. The molecule has 0 aliphatic carbocycles. The van der Waals surface area contributed by atoms with Crippen LogP contribution in [-0.2, 0) is 9.53 Å². The summed E-state index contributed by atoms with van der Waals surface area (Å²) in [6.45, 7) is 0.931. The van der Waals surface area contributed by atoms with Crippen LogP contribution in [-0.4, -0.2) is 32.1 Å². The van der Waals surface area contributed by atoms with Crippen molar-refractivity contribution in [1.29, 1.82) is 0 Å². The maximum Gasteiger partial charge on any atom is 0.253 e. The first-order valence-corrected chi connectivity index (χ1v) is 5.57. The van der Waals surface area contributed by atoms with Crippen LogP contribution in [0.2, 0.25) is 0 Å². The Labute approximate surface area is 104 Å². The van der Waals surface area contributed by atoms with Gasteiger partial charge in [0.2, 0.25) is 0 Å². The molecule has 1 fully saturated rings. The second kappa shape index (κ2) is 5.59. The first-order valence-electron chi connectivity index (χ1n) is 5.57. The minimum Gasteiger partial charge on any atom is -0.383 e. The van der Waals surface area contributed by atoms with Crippen molar-refractivity contribution in [2.45, 2.75) is 6.04 Å². The van der Waals surface area contributed by atoms with Crippen molar-refractivity contribution in [3.05, 3.63) is 35.6 Å². The van der Waals surface area contributed by atoms with Crippen LogP contribution in [0.3, 0.4) is 0 Å². The second-order valence-electron chi connectivity index (χ2n) is 3.84. The first kappa shape index (κ1) is 12.5. The number of aliphatic imine (C=N–C) groups is 1. The predicted octanol–water partition coefficient (Wildman–Crippen LogP) is 0.589. The lowest BCUT2D eigenvalue weighted by molar-refractivity contribution is -0.120. The van der Waals surface area contributed by atoms with Crippen molar-refractivity contribution < 1.29 is 13.9 Å². The molecule has 1 amide bonds. The Morgan fingerprint density at radius 2 is 2.33 bits per heavy atom. The minimum absolute atomic E-state index is 0.239. The van der Waals surface area contributed by atoms with E-state index in [1.807, 2.05) is 0 Å². The van der Waals surface area contributed by atoms with E-state index in [0.717, 1.165) is 0 Å². The molecule has 96 valence electrons. The molecule has 2 rings (SSSR count). The Morgan fingerprint density at radius 3 is 3.06 bits per heavy atom. The Balaban J connectivity index is 2.07. The predicted molar refractivity (Wildman–Crippen MR) is 64.6 cm³/mol. The average Bonchev–Trinajstić information content (AvgIpc) is 2.71. The number of rotatable bonds is 4. The number of halogens is 1. The number of nitrogens with one attached hydrogen (secondary N) is 2. The molecule has 1 aliphatic rings. The molecule has 2 N–H and O–H groups in total. The molecule has 1 aliphatic heterocycles. The Bertz CT molecular complexity index is 476. The molecule has 1 aromatic rings. The van der Waals surface area contributed by atoms with Crippen LogP contribution in [0.15, 0.2) is 29.3 Å². The highest BCUT2D eigenvalue weighted by atomic mass is 19.1.